The average molecular weight is 312 g/mol. The highest BCUT2D eigenvalue weighted by atomic mass is 19.4. The summed E-state index contributed by atoms with van der Waals surface area (Å²) >= 11 is 0. The Labute approximate surface area is 125 Å². The van der Waals surface area contributed by atoms with Gasteiger partial charge < -0.3 is 9.84 Å². The first-order valence-electron chi connectivity index (χ1n) is 7.16. The molecule has 0 amide bonds. The number of benzene rings is 1. The molecule has 1 aliphatic carbocycles. The van der Waals surface area contributed by atoms with Crippen LogP contribution in [0.4, 0.5) is 13.2 Å². The van der Waals surface area contributed by atoms with E-state index in [1.54, 1.807) is 6.07 Å². The molecule has 1 atom stereocenters. The van der Waals surface area contributed by atoms with Gasteiger partial charge >= 0.3 is 12.1 Å². The molecule has 3 nitrogen and oxygen atoms in total. The molecule has 1 aromatic rings. The van der Waals surface area contributed by atoms with Gasteiger partial charge in [0.1, 0.15) is 5.75 Å². The Balaban J connectivity index is 2.15. The Morgan fingerprint density at radius 2 is 2.05 bits per heavy atom. The van der Waals surface area contributed by atoms with E-state index in [1.165, 1.54) is 0 Å². The molecule has 22 heavy (non-hydrogen) atoms. The number of hydrogen-bond donors (Lipinski definition) is 1. The van der Waals surface area contributed by atoms with Crippen LogP contribution < -0.4 is 4.74 Å². The van der Waals surface area contributed by atoms with Crippen LogP contribution in [-0.2, 0) is 11.2 Å². The Morgan fingerprint density at radius 3 is 2.55 bits per heavy atom. The van der Waals surface area contributed by atoms with Crippen LogP contribution in [-0.4, -0.2) is 23.4 Å². The molecular formula is C16H15F3O3. The summed E-state index contributed by atoms with van der Waals surface area (Å²) in [7, 11) is 0. The summed E-state index contributed by atoms with van der Waals surface area (Å²) in [4.78, 5) is 11.2. The Morgan fingerprint density at radius 1 is 1.36 bits per heavy atom. The van der Waals surface area contributed by atoms with E-state index in [-0.39, 0.29) is 11.7 Å². The number of halogens is 3. The van der Waals surface area contributed by atoms with E-state index in [1.807, 2.05) is 13.0 Å². The third kappa shape index (κ3) is 2.58. The molecule has 1 fully saturated rings. The fraction of sp³-hybridized carbons (Fsp3) is 0.438. The zero-order chi connectivity index (χ0) is 16.1. The summed E-state index contributed by atoms with van der Waals surface area (Å²) in [6.45, 7) is 1.95. The molecule has 0 radical (unpaired) electrons. The van der Waals surface area contributed by atoms with Crippen molar-refractivity contribution in [2.24, 2.45) is 0 Å². The van der Waals surface area contributed by atoms with Crippen molar-refractivity contribution in [1.29, 1.82) is 0 Å². The van der Waals surface area contributed by atoms with Gasteiger partial charge in [-0.05, 0) is 48.4 Å². The van der Waals surface area contributed by atoms with Crippen molar-refractivity contribution in [3.63, 3.8) is 0 Å². The zero-order valence-corrected chi connectivity index (χ0v) is 11.9. The molecule has 1 aliphatic heterocycles. The van der Waals surface area contributed by atoms with E-state index >= 15 is 0 Å². The molecule has 118 valence electrons. The molecule has 1 aromatic carbocycles. The minimum absolute atomic E-state index is 0.187. The predicted octanol–water partition coefficient (Wildman–Crippen LogP) is 3.92. The van der Waals surface area contributed by atoms with Gasteiger partial charge in [-0.2, -0.15) is 13.2 Å². The van der Waals surface area contributed by atoms with Crippen molar-refractivity contribution >= 4 is 12.0 Å². The lowest BCUT2D eigenvalue weighted by molar-refractivity contribution is -0.187. The molecule has 0 spiro atoms. The molecule has 1 heterocycles. The number of carboxylic acid groups (broad SMARTS) is 1. The van der Waals surface area contributed by atoms with E-state index in [2.05, 4.69) is 0 Å². The van der Waals surface area contributed by atoms with Crippen molar-refractivity contribution in [3.05, 3.63) is 34.4 Å². The van der Waals surface area contributed by atoms with Crippen LogP contribution in [0.25, 0.3) is 6.08 Å². The van der Waals surface area contributed by atoms with E-state index in [9.17, 15) is 18.0 Å². The second-order valence-electron chi connectivity index (χ2n) is 5.68. The summed E-state index contributed by atoms with van der Waals surface area (Å²) in [5.41, 5.74) is 1.40. The zero-order valence-electron chi connectivity index (χ0n) is 11.9. The summed E-state index contributed by atoms with van der Waals surface area (Å²) in [6, 6.07) is 3.58. The summed E-state index contributed by atoms with van der Waals surface area (Å²) in [5, 5.41) is 9.07. The van der Waals surface area contributed by atoms with Crippen molar-refractivity contribution in [2.45, 2.75) is 44.4 Å². The third-order valence-electron chi connectivity index (χ3n) is 4.01. The van der Waals surface area contributed by atoms with Gasteiger partial charge in [0.05, 0.1) is 5.57 Å². The maximum absolute atomic E-state index is 13.1. The highest BCUT2D eigenvalue weighted by Crippen LogP contribution is 2.49. The first-order valence-corrected chi connectivity index (χ1v) is 7.16. The molecule has 1 N–H and O–H groups in total. The van der Waals surface area contributed by atoms with Gasteiger partial charge in [-0.3, -0.25) is 0 Å². The van der Waals surface area contributed by atoms with E-state index < -0.39 is 23.8 Å². The first kappa shape index (κ1) is 14.9. The van der Waals surface area contributed by atoms with Crippen LogP contribution in [0.2, 0.25) is 0 Å². The number of hydrogen-bond acceptors (Lipinski definition) is 2. The number of fused-ring (bicyclic) bond motifs is 1. The van der Waals surface area contributed by atoms with Crippen LogP contribution in [0.1, 0.15) is 42.4 Å². The second kappa shape index (κ2) is 5.04. The maximum Gasteiger partial charge on any atom is 0.430 e. The molecular weight excluding hydrogens is 297 g/mol. The molecule has 1 saturated carbocycles. The Hall–Kier alpha value is -1.98. The van der Waals surface area contributed by atoms with Crippen LogP contribution in [0.5, 0.6) is 5.75 Å². The van der Waals surface area contributed by atoms with Crippen molar-refractivity contribution < 1.29 is 27.8 Å². The number of aliphatic carboxylic acids is 1. The molecule has 3 rings (SSSR count). The van der Waals surface area contributed by atoms with E-state index in [4.69, 9.17) is 9.84 Å². The van der Waals surface area contributed by atoms with Crippen molar-refractivity contribution in [1.82, 2.24) is 0 Å². The topological polar surface area (TPSA) is 46.5 Å². The van der Waals surface area contributed by atoms with Crippen LogP contribution in [0.3, 0.4) is 0 Å². The third-order valence-corrected chi connectivity index (χ3v) is 4.01. The lowest BCUT2D eigenvalue weighted by atomic mass is 9.94. The standard InChI is InChI=1S/C16H15F3O3/c1-2-8-5-10-7-12(15(20)21)14(16(17,18)19)22-13(10)11(6-8)9-3-4-9/h5-7,9,14H,2-4H2,1H3,(H,20,21). The van der Waals surface area contributed by atoms with Gasteiger partial charge in [0.25, 0.3) is 0 Å². The summed E-state index contributed by atoms with van der Waals surface area (Å²) < 4.78 is 44.5. The SMILES string of the molecule is CCc1cc2c(c(C3CC3)c1)OC(C(F)(F)F)C(C(=O)O)=C2. The van der Waals surface area contributed by atoms with Crippen molar-refractivity contribution in [2.75, 3.05) is 0 Å². The number of ether oxygens (including phenoxy) is 1. The van der Waals surface area contributed by atoms with Gasteiger partial charge in [0, 0.05) is 5.56 Å². The van der Waals surface area contributed by atoms with Crippen LogP contribution >= 0.6 is 0 Å². The van der Waals surface area contributed by atoms with Crippen LogP contribution in [0, 0.1) is 0 Å². The number of carbonyl (C=O) groups is 1. The monoisotopic (exact) mass is 312 g/mol. The largest absolute Gasteiger partial charge is 0.478 e. The highest BCUT2D eigenvalue weighted by Gasteiger charge is 2.49. The molecule has 0 aromatic heterocycles. The number of alkyl halides is 3. The second-order valence-corrected chi connectivity index (χ2v) is 5.68. The minimum atomic E-state index is -4.76. The molecule has 1 unspecified atom stereocenters. The smallest absolute Gasteiger partial charge is 0.430 e. The molecule has 6 heteroatoms. The first-order chi connectivity index (χ1) is 10.3. The summed E-state index contributed by atoms with van der Waals surface area (Å²) in [6.07, 6.45) is -3.49. The fourth-order valence-electron chi connectivity index (χ4n) is 2.73. The van der Waals surface area contributed by atoms with Crippen molar-refractivity contribution in [3.8, 4) is 5.75 Å². The maximum atomic E-state index is 13.1. The van der Waals surface area contributed by atoms with Gasteiger partial charge in [0.2, 0.25) is 6.10 Å². The van der Waals surface area contributed by atoms with Gasteiger partial charge in [0.15, 0.2) is 0 Å². The van der Waals surface area contributed by atoms with E-state index in [0.29, 0.717) is 5.56 Å². The normalized spacial score (nSPS) is 20.9. The highest BCUT2D eigenvalue weighted by molar-refractivity contribution is 5.95. The number of aryl methyl sites for hydroxylation is 1. The van der Waals surface area contributed by atoms with Gasteiger partial charge in [-0.1, -0.05) is 13.0 Å². The Bertz CT molecular complexity index is 657. The minimum Gasteiger partial charge on any atom is -0.478 e. The lowest BCUT2D eigenvalue weighted by Crippen LogP contribution is -2.40. The van der Waals surface area contributed by atoms with Crippen LogP contribution in [0.15, 0.2) is 17.7 Å². The number of rotatable bonds is 3. The quantitative estimate of drug-likeness (QED) is 0.920. The van der Waals surface area contributed by atoms with Gasteiger partial charge in [-0.15, -0.1) is 0 Å². The number of carboxylic acids is 1. The fourth-order valence-corrected chi connectivity index (χ4v) is 2.73. The average Bonchev–Trinajstić information content (AvgIpc) is 3.28. The van der Waals surface area contributed by atoms with E-state index in [0.717, 1.165) is 36.5 Å². The predicted molar refractivity (Wildman–Crippen MR) is 73.9 cm³/mol. The molecule has 0 bridgehead atoms. The summed E-state index contributed by atoms with van der Waals surface area (Å²) in [5.74, 6) is -1.20. The van der Waals surface area contributed by atoms with Gasteiger partial charge in [-0.25, -0.2) is 4.79 Å². The molecule has 2 aliphatic rings. The molecule has 0 saturated heterocycles. The lowest BCUT2D eigenvalue weighted by Gasteiger charge is -2.29. The Kier molecular flexibility index (Phi) is 3.42.